The Balaban J connectivity index is 1.05. The largest absolute Gasteiger partial charge is 0.488 e. The normalized spacial score (nSPS) is 12.2. The maximum atomic E-state index is 6.65. The Morgan fingerprint density at radius 3 is 1.71 bits per heavy atom. The van der Waals surface area contributed by atoms with Gasteiger partial charge in [0.05, 0.1) is 0 Å². The minimum absolute atomic E-state index is 0.518. The van der Waals surface area contributed by atoms with Gasteiger partial charge in [-0.2, -0.15) is 0 Å². The highest BCUT2D eigenvalue weighted by Crippen LogP contribution is 2.45. The van der Waals surface area contributed by atoms with Crippen molar-refractivity contribution in [2.75, 3.05) is 0 Å². The summed E-state index contributed by atoms with van der Waals surface area (Å²) in [6.07, 6.45) is 0. The fraction of sp³-hybridized carbons (Fsp3) is 0.0213. The molecule has 1 heteroatoms. The van der Waals surface area contributed by atoms with Gasteiger partial charge in [-0.15, -0.1) is 0 Å². The molecule has 0 radical (unpaired) electrons. The van der Waals surface area contributed by atoms with E-state index >= 15 is 0 Å². The lowest BCUT2D eigenvalue weighted by atomic mass is 9.88. The van der Waals surface area contributed by atoms with Crippen LogP contribution in [0.4, 0.5) is 0 Å². The average molecular weight is 611 g/mol. The van der Waals surface area contributed by atoms with E-state index in [0.717, 1.165) is 5.75 Å². The standard InChI is InChI=1S/C47H30O/c1-3-15-38-30(9-1)21-22-37-27-34(23-24-41(37)38)32-12-5-11-31(25-32)33-13-6-14-35(26-33)40-17-7-18-42-44-20-8-19-43-39-16-4-2-10-36(39)28-46(47(43)44)48-29-45(40)42/h1-28H,29H2. The summed E-state index contributed by atoms with van der Waals surface area (Å²) < 4.78 is 6.65. The highest BCUT2D eigenvalue weighted by molar-refractivity contribution is 6.15. The Bertz CT molecular complexity index is 2730. The predicted octanol–water partition coefficient (Wildman–Crippen LogP) is 12.9. The number of benzene rings is 9. The summed E-state index contributed by atoms with van der Waals surface area (Å²) in [6.45, 7) is 0.518. The predicted molar refractivity (Wildman–Crippen MR) is 203 cm³/mol. The molecule has 10 rings (SSSR count). The number of fused-ring (bicyclic) bond motifs is 7. The van der Waals surface area contributed by atoms with E-state index in [-0.39, 0.29) is 0 Å². The fourth-order valence-corrected chi connectivity index (χ4v) is 7.81. The van der Waals surface area contributed by atoms with Crippen LogP contribution in [0.2, 0.25) is 0 Å². The second-order valence-corrected chi connectivity index (χ2v) is 12.8. The van der Waals surface area contributed by atoms with E-state index in [4.69, 9.17) is 4.74 Å². The first-order valence-electron chi connectivity index (χ1n) is 16.6. The van der Waals surface area contributed by atoms with Gasteiger partial charge < -0.3 is 4.74 Å². The Hall–Kier alpha value is -6.18. The summed E-state index contributed by atoms with van der Waals surface area (Å²) in [6, 6.07) is 61.9. The highest BCUT2D eigenvalue weighted by atomic mass is 16.5. The van der Waals surface area contributed by atoms with E-state index in [9.17, 15) is 0 Å². The van der Waals surface area contributed by atoms with E-state index in [1.54, 1.807) is 0 Å². The fourth-order valence-electron chi connectivity index (χ4n) is 7.81. The summed E-state index contributed by atoms with van der Waals surface area (Å²) in [4.78, 5) is 0. The first-order valence-corrected chi connectivity index (χ1v) is 16.6. The zero-order chi connectivity index (χ0) is 31.6. The second kappa shape index (κ2) is 10.7. The van der Waals surface area contributed by atoms with Crippen molar-refractivity contribution >= 4 is 43.1 Å². The zero-order valence-corrected chi connectivity index (χ0v) is 26.3. The molecule has 9 aromatic rings. The minimum atomic E-state index is 0.518. The maximum Gasteiger partial charge on any atom is 0.128 e. The molecule has 0 amide bonds. The molecule has 9 aromatic carbocycles. The van der Waals surface area contributed by atoms with Crippen LogP contribution < -0.4 is 4.74 Å². The molecule has 0 atom stereocenters. The molecule has 0 N–H and O–H groups in total. The van der Waals surface area contributed by atoms with Gasteiger partial charge in [0.25, 0.3) is 0 Å². The van der Waals surface area contributed by atoms with Crippen molar-refractivity contribution in [3.8, 4) is 50.3 Å². The third kappa shape index (κ3) is 4.25. The third-order valence-corrected chi connectivity index (χ3v) is 10.1. The van der Waals surface area contributed by atoms with E-state index in [0.29, 0.717) is 6.61 Å². The van der Waals surface area contributed by atoms with Crippen LogP contribution in [0.5, 0.6) is 5.75 Å². The molecule has 1 aliphatic rings. The Morgan fingerprint density at radius 1 is 0.333 bits per heavy atom. The molecule has 224 valence electrons. The topological polar surface area (TPSA) is 9.23 Å². The molecule has 0 bridgehead atoms. The van der Waals surface area contributed by atoms with E-state index in [1.165, 1.54) is 93.2 Å². The van der Waals surface area contributed by atoms with Gasteiger partial charge in [-0.25, -0.2) is 0 Å². The van der Waals surface area contributed by atoms with Gasteiger partial charge in [-0.3, -0.25) is 0 Å². The lowest BCUT2D eigenvalue weighted by Gasteiger charge is -2.15. The van der Waals surface area contributed by atoms with Crippen LogP contribution in [0.3, 0.4) is 0 Å². The first-order chi connectivity index (χ1) is 23.8. The van der Waals surface area contributed by atoms with Gasteiger partial charge in [0, 0.05) is 10.9 Å². The summed E-state index contributed by atoms with van der Waals surface area (Å²) in [5.74, 6) is 0.953. The molecule has 0 saturated carbocycles. The molecule has 1 nitrogen and oxygen atoms in total. The van der Waals surface area contributed by atoms with Crippen molar-refractivity contribution in [2.24, 2.45) is 0 Å². The monoisotopic (exact) mass is 610 g/mol. The number of hydrogen-bond acceptors (Lipinski definition) is 1. The quantitative estimate of drug-likeness (QED) is 0.181. The molecule has 0 aliphatic carbocycles. The molecule has 0 fully saturated rings. The van der Waals surface area contributed by atoms with Gasteiger partial charge in [-0.05, 0) is 106 Å². The van der Waals surface area contributed by atoms with Gasteiger partial charge >= 0.3 is 0 Å². The van der Waals surface area contributed by atoms with Crippen molar-refractivity contribution in [1.82, 2.24) is 0 Å². The SMILES string of the molecule is c1cc(-c2cccc(-c3cccc4c3COc3cc5ccccc5c5cccc-4c35)c2)cc(-c2ccc3c(ccc4ccccc43)c2)c1. The number of rotatable bonds is 3. The van der Waals surface area contributed by atoms with E-state index < -0.39 is 0 Å². The molecular weight excluding hydrogens is 581 g/mol. The van der Waals surface area contributed by atoms with Gasteiger partial charge in [0.1, 0.15) is 12.4 Å². The smallest absolute Gasteiger partial charge is 0.128 e. The first kappa shape index (κ1) is 27.0. The maximum absolute atomic E-state index is 6.65. The third-order valence-electron chi connectivity index (χ3n) is 10.1. The molecule has 0 aromatic heterocycles. The average Bonchev–Trinajstić information content (AvgIpc) is 3.32. The van der Waals surface area contributed by atoms with Crippen LogP contribution in [-0.2, 0) is 6.61 Å². The van der Waals surface area contributed by atoms with Crippen LogP contribution >= 0.6 is 0 Å². The van der Waals surface area contributed by atoms with Crippen molar-refractivity contribution in [1.29, 1.82) is 0 Å². The van der Waals surface area contributed by atoms with Crippen LogP contribution in [0.15, 0.2) is 170 Å². The van der Waals surface area contributed by atoms with Crippen molar-refractivity contribution in [2.45, 2.75) is 6.61 Å². The van der Waals surface area contributed by atoms with Crippen LogP contribution in [-0.4, -0.2) is 0 Å². The molecule has 1 heterocycles. The minimum Gasteiger partial charge on any atom is -0.488 e. The lowest BCUT2D eigenvalue weighted by Crippen LogP contribution is -1.98. The lowest BCUT2D eigenvalue weighted by molar-refractivity contribution is 0.313. The molecule has 48 heavy (non-hydrogen) atoms. The van der Waals surface area contributed by atoms with E-state index in [2.05, 4.69) is 170 Å². The van der Waals surface area contributed by atoms with Gasteiger partial charge in [0.2, 0.25) is 0 Å². The Labute approximate surface area is 279 Å². The van der Waals surface area contributed by atoms with Crippen LogP contribution in [0.1, 0.15) is 5.56 Å². The summed E-state index contributed by atoms with van der Waals surface area (Å²) in [5.41, 5.74) is 10.9. The molecule has 1 aliphatic heterocycles. The highest BCUT2D eigenvalue weighted by Gasteiger charge is 2.21. The molecule has 0 saturated heterocycles. The number of hydrogen-bond donors (Lipinski definition) is 0. The Kier molecular flexibility index (Phi) is 6.01. The van der Waals surface area contributed by atoms with Crippen molar-refractivity contribution in [3.63, 3.8) is 0 Å². The number of ether oxygens (including phenoxy) is 1. The van der Waals surface area contributed by atoms with Crippen molar-refractivity contribution in [3.05, 3.63) is 175 Å². The summed E-state index contributed by atoms with van der Waals surface area (Å²) >= 11 is 0. The van der Waals surface area contributed by atoms with Crippen molar-refractivity contribution < 1.29 is 4.74 Å². The Morgan fingerprint density at radius 2 is 0.875 bits per heavy atom. The zero-order valence-electron chi connectivity index (χ0n) is 26.3. The van der Waals surface area contributed by atoms with Gasteiger partial charge in [-0.1, -0.05) is 146 Å². The summed E-state index contributed by atoms with van der Waals surface area (Å²) in [7, 11) is 0. The summed E-state index contributed by atoms with van der Waals surface area (Å²) in [5, 5.41) is 10.0. The van der Waals surface area contributed by atoms with Gasteiger partial charge in [0.15, 0.2) is 0 Å². The molecular formula is C47H30O. The second-order valence-electron chi connectivity index (χ2n) is 12.8. The molecule has 0 unspecified atom stereocenters. The molecule has 0 spiro atoms. The van der Waals surface area contributed by atoms with Crippen LogP contribution in [0.25, 0.3) is 87.6 Å². The van der Waals surface area contributed by atoms with Crippen LogP contribution in [0, 0.1) is 0 Å². The van der Waals surface area contributed by atoms with E-state index in [1.807, 2.05) is 0 Å².